The molecule has 0 aliphatic heterocycles. The van der Waals surface area contributed by atoms with Crippen molar-refractivity contribution in [1.82, 2.24) is 0 Å². The van der Waals surface area contributed by atoms with Crippen molar-refractivity contribution in [2.75, 3.05) is 23.9 Å². The van der Waals surface area contributed by atoms with Crippen LogP contribution < -0.4 is 10.1 Å². The van der Waals surface area contributed by atoms with Crippen LogP contribution in [0.1, 0.15) is 6.42 Å². The summed E-state index contributed by atoms with van der Waals surface area (Å²) in [5.41, 5.74) is 0.736. The zero-order valence-electron chi connectivity index (χ0n) is 10.5. The number of halogens is 2. The number of benzene rings is 1. The van der Waals surface area contributed by atoms with Crippen LogP contribution in [0.15, 0.2) is 24.3 Å². The molecule has 0 heterocycles. The fraction of sp³-hybridized carbons (Fsp3) is 0.462. The van der Waals surface area contributed by atoms with Crippen molar-refractivity contribution in [2.24, 2.45) is 5.92 Å². The number of methoxy groups -OCH3 is 1. The largest absolute Gasteiger partial charge is 0.497 e. The van der Waals surface area contributed by atoms with E-state index in [2.05, 4.69) is 5.32 Å². The summed E-state index contributed by atoms with van der Waals surface area (Å²) in [7, 11) is 1.59. The summed E-state index contributed by atoms with van der Waals surface area (Å²) in [6, 6.07) is 7.28. The van der Waals surface area contributed by atoms with Crippen LogP contribution in [0.4, 0.5) is 5.69 Å². The van der Waals surface area contributed by atoms with Gasteiger partial charge in [0, 0.05) is 17.7 Å². The Morgan fingerprint density at radius 2 is 2.32 bits per heavy atom. The van der Waals surface area contributed by atoms with E-state index in [0.717, 1.165) is 23.6 Å². The Kier molecular flexibility index (Phi) is 4.87. The molecule has 1 aromatic rings. The average molecular weight is 320 g/mol. The Bertz CT molecular complexity index is 468. The predicted molar refractivity (Wildman–Crippen MR) is 81.5 cm³/mol. The van der Waals surface area contributed by atoms with Crippen LogP contribution in [0.3, 0.4) is 0 Å². The van der Waals surface area contributed by atoms with Crippen LogP contribution in [0.2, 0.25) is 0 Å². The van der Waals surface area contributed by atoms with E-state index in [4.69, 9.17) is 27.9 Å². The molecule has 1 atom stereocenters. The third-order valence-electron chi connectivity index (χ3n) is 2.86. The number of amides is 1. The lowest BCUT2D eigenvalue weighted by Gasteiger charge is -2.07. The maximum atomic E-state index is 11.7. The van der Waals surface area contributed by atoms with Crippen LogP contribution in [-0.4, -0.2) is 28.9 Å². The van der Waals surface area contributed by atoms with Crippen molar-refractivity contribution < 1.29 is 9.53 Å². The van der Waals surface area contributed by atoms with Gasteiger partial charge in [-0.3, -0.25) is 4.79 Å². The zero-order chi connectivity index (χ0) is 13.9. The highest BCUT2D eigenvalue weighted by Gasteiger charge is 2.51. The normalized spacial score (nSPS) is 19.8. The van der Waals surface area contributed by atoms with Gasteiger partial charge in [0.1, 0.15) is 10.1 Å². The van der Waals surface area contributed by atoms with E-state index < -0.39 is 4.33 Å². The van der Waals surface area contributed by atoms with Gasteiger partial charge in [0.05, 0.1) is 12.9 Å². The van der Waals surface area contributed by atoms with Crippen LogP contribution >= 0.6 is 35.0 Å². The Morgan fingerprint density at radius 1 is 1.58 bits per heavy atom. The lowest BCUT2D eigenvalue weighted by molar-refractivity contribution is -0.113. The number of ether oxygens (including phenoxy) is 1. The number of hydrogen-bond donors (Lipinski definition) is 1. The number of alkyl halides is 2. The molecule has 1 saturated carbocycles. The third-order valence-corrected chi connectivity index (χ3v) is 4.89. The molecule has 0 radical (unpaired) electrons. The number of nitrogens with one attached hydrogen (secondary N) is 1. The SMILES string of the molecule is COc1cccc(NC(=O)CSCC2CC2(Cl)Cl)c1. The van der Waals surface area contributed by atoms with E-state index in [1.54, 1.807) is 24.9 Å². The molecule has 1 aromatic carbocycles. The van der Waals surface area contributed by atoms with E-state index in [1.807, 2.05) is 18.2 Å². The van der Waals surface area contributed by atoms with Gasteiger partial charge in [0.2, 0.25) is 5.91 Å². The standard InChI is InChI=1S/C13H15Cl2NO2S/c1-18-11-4-2-3-10(5-11)16-12(17)8-19-7-9-6-13(9,14)15/h2-5,9H,6-8H2,1H3,(H,16,17). The van der Waals surface area contributed by atoms with Gasteiger partial charge in [-0.2, -0.15) is 11.8 Å². The number of thioether (sulfide) groups is 1. The number of carbonyl (C=O) groups is 1. The number of rotatable bonds is 6. The third kappa shape index (κ3) is 4.48. The van der Waals surface area contributed by atoms with Gasteiger partial charge in [0.25, 0.3) is 0 Å². The van der Waals surface area contributed by atoms with Gasteiger partial charge in [-0.1, -0.05) is 6.07 Å². The van der Waals surface area contributed by atoms with Gasteiger partial charge in [-0.25, -0.2) is 0 Å². The molecule has 6 heteroatoms. The van der Waals surface area contributed by atoms with E-state index in [0.29, 0.717) is 11.7 Å². The first-order valence-electron chi connectivity index (χ1n) is 5.91. The monoisotopic (exact) mass is 319 g/mol. The molecule has 1 amide bonds. The fourth-order valence-corrected chi connectivity index (χ4v) is 3.41. The van der Waals surface area contributed by atoms with Crippen LogP contribution in [0.5, 0.6) is 5.75 Å². The summed E-state index contributed by atoms with van der Waals surface area (Å²) in [5, 5.41) is 2.83. The quantitative estimate of drug-likeness (QED) is 0.815. The number of carbonyl (C=O) groups excluding carboxylic acids is 1. The molecule has 0 spiro atoms. The second-order valence-corrected chi connectivity index (χ2v) is 7.03. The topological polar surface area (TPSA) is 38.3 Å². The molecule has 1 N–H and O–H groups in total. The smallest absolute Gasteiger partial charge is 0.234 e. The lowest BCUT2D eigenvalue weighted by Crippen LogP contribution is -2.14. The molecular formula is C13H15Cl2NO2S. The van der Waals surface area contributed by atoms with Crippen molar-refractivity contribution >= 4 is 46.6 Å². The van der Waals surface area contributed by atoms with Crippen LogP contribution in [-0.2, 0) is 4.79 Å². The molecule has 1 fully saturated rings. The number of hydrogen-bond acceptors (Lipinski definition) is 3. The molecule has 0 saturated heterocycles. The summed E-state index contributed by atoms with van der Waals surface area (Å²) in [5.74, 6) is 2.22. The van der Waals surface area contributed by atoms with Gasteiger partial charge in [-0.05, 0) is 24.3 Å². The Labute approximate surface area is 127 Å². The summed E-state index contributed by atoms with van der Waals surface area (Å²) in [6.07, 6.45) is 0.820. The molecule has 0 bridgehead atoms. The molecule has 1 aliphatic rings. The maximum Gasteiger partial charge on any atom is 0.234 e. The van der Waals surface area contributed by atoms with Gasteiger partial charge in [0.15, 0.2) is 0 Å². The highest BCUT2D eigenvalue weighted by molar-refractivity contribution is 8.00. The first kappa shape index (κ1) is 14.8. The van der Waals surface area contributed by atoms with Gasteiger partial charge < -0.3 is 10.1 Å². The zero-order valence-corrected chi connectivity index (χ0v) is 12.8. The minimum Gasteiger partial charge on any atom is -0.497 e. The van der Waals surface area contributed by atoms with E-state index in [9.17, 15) is 4.79 Å². The molecule has 0 aromatic heterocycles. The maximum absolute atomic E-state index is 11.7. The molecule has 1 aliphatic carbocycles. The molecule has 2 rings (SSSR count). The van der Waals surface area contributed by atoms with Crippen molar-refractivity contribution in [3.8, 4) is 5.75 Å². The molecule has 104 valence electrons. The second-order valence-electron chi connectivity index (χ2n) is 4.46. The minimum atomic E-state index is -0.559. The average Bonchev–Trinajstić information content (AvgIpc) is 2.97. The van der Waals surface area contributed by atoms with Crippen molar-refractivity contribution in [3.05, 3.63) is 24.3 Å². The summed E-state index contributed by atoms with van der Waals surface area (Å²) < 4.78 is 4.54. The van der Waals surface area contributed by atoms with Gasteiger partial charge >= 0.3 is 0 Å². The summed E-state index contributed by atoms with van der Waals surface area (Å²) >= 11 is 13.4. The van der Waals surface area contributed by atoms with E-state index >= 15 is 0 Å². The Hall–Kier alpha value is -0.580. The minimum absolute atomic E-state index is 0.0337. The Morgan fingerprint density at radius 3 is 2.95 bits per heavy atom. The number of anilines is 1. The Balaban J connectivity index is 1.72. The van der Waals surface area contributed by atoms with Crippen LogP contribution in [0, 0.1) is 5.92 Å². The van der Waals surface area contributed by atoms with Crippen molar-refractivity contribution in [3.63, 3.8) is 0 Å². The molecule has 3 nitrogen and oxygen atoms in total. The van der Waals surface area contributed by atoms with Crippen LogP contribution in [0.25, 0.3) is 0 Å². The molecule has 19 heavy (non-hydrogen) atoms. The highest BCUT2D eigenvalue weighted by atomic mass is 35.5. The van der Waals surface area contributed by atoms with E-state index in [-0.39, 0.29) is 5.91 Å². The predicted octanol–water partition coefficient (Wildman–Crippen LogP) is 3.56. The van der Waals surface area contributed by atoms with E-state index in [1.165, 1.54) is 0 Å². The van der Waals surface area contributed by atoms with Gasteiger partial charge in [-0.15, -0.1) is 23.2 Å². The lowest BCUT2D eigenvalue weighted by atomic mass is 10.3. The summed E-state index contributed by atoms with van der Waals surface area (Å²) in [6.45, 7) is 0. The highest BCUT2D eigenvalue weighted by Crippen LogP contribution is 2.54. The first-order chi connectivity index (χ1) is 9.01. The van der Waals surface area contributed by atoms with Crippen molar-refractivity contribution in [2.45, 2.75) is 10.8 Å². The molecular weight excluding hydrogens is 305 g/mol. The molecule has 1 unspecified atom stereocenters. The first-order valence-corrected chi connectivity index (χ1v) is 7.82. The second kappa shape index (κ2) is 6.25. The summed E-state index contributed by atoms with van der Waals surface area (Å²) in [4.78, 5) is 11.7. The fourth-order valence-electron chi connectivity index (χ4n) is 1.64. The van der Waals surface area contributed by atoms with Crippen molar-refractivity contribution in [1.29, 1.82) is 0 Å².